The highest BCUT2D eigenvalue weighted by atomic mass is 19.1. The van der Waals surface area contributed by atoms with E-state index in [1.807, 2.05) is 25.5 Å². The van der Waals surface area contributed by atoms with Crippen molar-refractivity contribution in [3.05, 3.63) is 59.2 Å². The maximum Gasteiger partial charge on any atom is 0.256 e. The number of nitrogens with zero attached hydrogens (tertiary/aromatic N) is 4. The molecule has 2 aromatic heterocycles. The maximum absolute atomic E-state index is 13.1. The van der Waals surface area contributed by atoms with Crippen LogP contribution in [0.4, 0.5) is 4.39 Å². The number of hydrogen-bond donors (Lipinski definition) is 1. The van der Waals surface area contributed by atoms with E-state index in [9.17, 15) is 14.0 Å². The molecule has 8 heteroatoms. The van der Waals surface area contributed by atoms with E-state index in [4.69, 9.17) is 0 Å². The molecule has 3 aromatic rings. The molecule has 158 valence electrons. The summed E-state index contributed by atoms with van der Waals surface area (Å²) in [4.78, 5) is 31.5. The number of aryl methyl sites for hydroxylation is 1. The molecule has 1 N–H and O–H groups in total. The third-order valence-electron chi connectivity index (χ3n) is 4.89. The Hall–Kier alpha value is -3.29. The van der Waals surface area contributed by atoms with Gasteiger partial charge in [-0.1, -0.05) is 12.1 Å². The van der Waals surface area contributed by atoms with Crippen LogP contribution in [0.25, 0.3) is 11.0 Å². The third kappa shape index (κ3) is 4.64. The summed E-state index contributed by atoms with van der Waals surface area (Å²) in [6.45, 7) is 8.23. The highest BCUT2D eigenvalue weighted by molar-refractivity contribution is 5.99. The summed E-state index contributed by atoms with van der Waals surface area (Å²) in [7, 11) is 0. The number of benzene rings is 1. The molecule has 1 aromatic carbocycles. The Bertz CT molecular complexity index is 1060. The van der Waals surface area contributed by atoms with Crippen LogP contribution in [0.15, 0.2) is 36.5 Å². The van der Waals surface area contributed by atoms with Crippen LogP contribution in [0, 0.1) is 12.7 Å². The van der Waals surface area contributed by atoms with Gasteiger partial charge in [0.05, 0.1) is 24.0 Å². The van der Waals surface area contributed by atoms with Crippen LogP contribution in [-0.2, 0) is 11.3 Å². The molecule has 0 unspecified atom stereocenters. The van der Waals surface area contributed by atoms with Gasteiger partial charge >= 0.3 is 0 Å². The summed E-state index contributed by atoms with van der Waals surface area (Å²) >= 11 is 0. The summed E-state index contributed by atoms with van der Waals surface area (Å²) in [5.74, 6) is -0.861. The summed E-state index contributed by atoms with van der Waals surface area (Å²) in [6.07, 6.45) is 1.70. The molecule has 30 heavy (non-hydrogen) atoms. The fraction of sp³-hybridized carbons (Fsp3) is 0.364. The second kappa shape index (κ2) is 9.02. The quantitative estimate of drug-likeness (QED) is 0.647. The van der Waals surface area contributed by atoms with E-state index >= 15 is 0 Å². The average molecular weight is 411 g/mol. The van der Waals surface area contributed by atoms with Gasteiger partial charge in [0.15, 0.2) is 5.65 Å². The Morgan fingerprint density at radius 3 is 2.57 bits per heavy atom. The Labute approximate surface area is 174 Å². The number of carbonyl (C=O) groups excluding carboxylic acids is 2. The molecule has 2 amide bonds. The van der Waals surface area contributed by atoms with Crippen molar-refractivity contribution >= 4 is 22.8 Å². The molecule has 7 nitrogen and oxygen atoms in total. The molecular weight excluding hydrogens is 385 g/mol. The molecule has 0 fully saturated rings. The van der Waals surface area contributed by atoms with Crippen molar-refractivity contribution in [2.45, 2.75) is 40.3 Å². The van der Waals surface area contributed by atoms with E-state index in [1.54, 1.807) is 31.3 Å². The van der Waals surface area contributed by atoms with E-state index < -0.39 is 0 Å². The van der Waals surface area contributed by atoms with Gasteiger partial charge in [0.1, 0.15) is 5.82 Å². The van der Waals surface area contributed by atoms with Crippen molar-refractivity contribution < 1.29 is 14.0 Å². The minimum atomic E-state index is -0.326. The average Bonchev–Trinajstić information content (AvgIpc) is 3.13. The number of halogens is 1. The molecule has 0 atom stereocenters. The Balaban J connectivity index is 1.71. The van der Waals surface area contributed by atoms with Crippen LogP contribution in [0.2, 0.25) is 0 Å². The lowest BCUT2D eigenvalue weighted by molar-refractivity contribution is -0.121. The molecule has 0 saturated carbocycles. The summed E-state index contributed by atoms with van der Waals surface area (Å²) in [5.41, 5.74) is 2.57. The number of nitrogens with one attached hydrogen (secondary N) is 1. The molecule has 3 rings (SSSR count). The van der Waals surface area contributed by atoms with Gasteiger partial charge in [0.25, 0.3) is 5.91 Å². The molecular formula is C22H26FN5O2. The number of fused-ring (bicyclic) bond motifs is 1. The van der Waals surface area contributed by atoms with Gasteiger partial charge in [-0.3, -0.25) is 9.59 Å². The van der Waals surface area contributed by atoms with Crippen molar-refractivity contribution in [2.24, 2.45) is 0 Å². The topological polar surface area (TPSA) is 80.1 Å². The van der Waals surface area contributed by atoms with Crippen LogP contribution in [0.1, 0.15) is 48.4 Å². The zero-order chi connectivity index (χ0) is 21.8. The van der Waals surface area contributed by atoms with E-state index in [-0.39, 0.29) is 36.8 Å². The van der Waals surface area contributed by atoms with Gasteiger partial charge in [0.2, 0.25) is 5.91 Å². The minimum absolute atomic E-state index is 0.0702. The largest absolute Gasteiger partial charge is 0.350 e. The number of carbonyl (C=O) groups is 2. The third-order valence-corrected chi connectivity index (χ3v) is 4.89. The first-order valence-corrected chi connectivity index (χ1v) is 9.95. The summed E-state index contributed by atoms with van der Waals surface area (Å²) in [6, 6.07) is 7.85. The molecule has 0 saturated heterocycles. The highest BCUT2D eigenvalue weighted by Crippen LogP contribution is 2.20. The van der Waals surface area contributed by atoms with Gasteiger partial charge in [-0.2, -0.15) is 5.10 Å². The van der Waals surface area contributed by atoms with Crippen LogP contribution in [0.5, 0.6) is 0 Å². The molecule has 2 heterocycles. The van der Waals surface area contributed by atoms with Gasteiger partial charge in [-0.15, -0.1) is 0 Å². The fourth-order valence-electron chi connectivity index (χ4n) is 3.19. The standard InChI is InChI=1S/C22H26FN5O2/c1-5-27(13-20(29)24-11-16-6-8-18(23)9-7-16)22(30)19-10-17-12-25-28(14(2)3)21(17)26-15(19)4/h6-10,12,14H,5,11,13H2,1-4H3,(H,24,29). The maximum atomic E-state index is 13.1. The zero-order valence-corrected chi connectivity index (χ0v) is 17.6. The first-order chi connectivity index (χ1) is 14.3. The second-order valence-electron chi connectivity index (χ2n) is 7.44. The van der Waals surface area contributed by atoms with E-state index in [0.717, 1.165) is 16.6 Å². The number of rotatable bonds is 7. The lowest BCUT2D eigenvalue weighted by Gasteiger charge is -2.21. The van der Waals surface area contributed by atoms with Crippen molar-refractivity contribution in [3.63, 3.8) is 0 Å². The van der Waals surface area contributed by atoms with Crippen molar-refractivity contribution in [1.29, 1.82) is 0 Å². The van der Waals surface area contributed by atoms with Crippen LogP contribution in [0.3, 0.4) is 0 Å². The molecule has 0 aliphatic carbocycles. The van der Waals surface area contributed by atoms with E-state index in [2.05, 4.69) is 15.4 Å². The molecule has 0 spiro atoms. The highest BCUT2D eigenvalue weighted by Gasteiger charge is 2.21. The summed E-state index contributed by atoms with van der Waals surface area (Å²) in [5, 5.41) is 7.90. The predicted molar refractivity (Wildman–Crippen MR) is 112 cm³/mol. The first kappa shape index (κ1) is 21.4. The number of pyridine rings is 1. The van der Waals surface area contributed by atoms with Crippen molar-refractivity contribution in [3.8, 4) is 0 Å². The lowest BCUT2D eigenvalue weighted by Crippen LogP contribution is -2.40. The number of aromatic nitrogens is 3. The molecule has 0 bridgehead atoms. The number of amides is 2. The van der Waals surface area contributed by atoms with Crippen LogP contribution in [-0.4, -0.2) is 44.6 Å². The SMILES string of the molecule is CCN(CC(=O)NCc1ccc(F)cc1)C(=O)c1cc2cnn(C(C)C)c2nc1C. The predicted octanol–water partition coefficient (Wildman–Crippen LogP) is 3.24. The van der Waals surface area contributed by atoms with Crippen molar-refractivity contribution in [1.82, 2.24) is 25.0 Å². The van der Waals surface area contributed by atoms with Crippen molar-refractivity contribution in [2.75, 3.05) is 13.1 Å². The first-order valence-electron chi connectivity index (χ1n) is 9.95. The fourth-order valence-corrected chi connectivity index (χ4v) is 3.19. The Morgan fingerprint density at radius 1 is 1.23 bits per heavy atom. The number of hydrogen-bond acceptors (Lipinski definition) is 4. The van der Waals surface area contributed by atoms with Gasteiger partial charge in [-0.25, -0.2) is 14.1 Å². The smallest absolute Gasteiger partial charge is 0.256 e. The van der Waals surface area contributed by atoms with E-state index in [0.29, 0.717) is 17.8 Å². The Morgan fingerprint density at radius 2 is 1.93 bits per heavy atom. The monoisotopic (exact) mass is 411 g/mol. The van der Waals surface area contributed by atoms with Gasteiger partial charge in [-0.05, 0) is 51.5 Å². The van der Waals surface area contributed by atoms with Gasteiger partial charge < -0.3 is 10.2 Å². The van der Waals surface area contributed by atoms with Crippen LogP contribution < -0.4 is 5.32 Å². The normalized spacial score (nSPS) is 11.1. The molecule has 0 aliphatic rings. The molecule has 0 radical (unpaired) electrons. The second-order valence-corrected chi connectivity index (χ2v) is 7.44. The van der Waals surface area contributed by atoms with Gasteiger partial charge in [0, 0.05) is 24.5 Å². The summed E-state index contributed by atoms with van der Waals surface area (Å²) < 4.78 is 14.8. The zero-order valence-electron chi connectivity index (χ0n) is 17.6. The molecule has 0 aliphatic heterocycles. The minimum Gasteiger partial charge on any atom is -0.350 e. The van der Waals surface area contributed by atoms with Crippen LogP contribution >= 0.6 is 0 Å². The number of likely N-dealkylation sites (N-methyl/N-ethyl adjacent to an activating group) is 1. The lowest BCUT2D eigenvalue weighted by atomic mass is 10.1. The van der Waals surface area contributed by atoms with E-state index in [1.165, 1.54) is 17.0 Å². The Kier molecular flexibility index (Phi) is 6.44.